The van der Waals surface area contributed by atoms with Crippen molar-refractivity contribution in [1.82, 2.24) is 9.97 Å². The molecule has 1 heterocycles. The molecule has 1 aromatic heterocycles. The lowest BCUT2D eigenvalue weighted by atomic mass is 10.3. The molecule has 0 aliphatic rings. The van der Waals surface area contributed by atoms with Crippen molar-refractivity contribution in [2.45, 2.75) is 0 Å². The largest absolute Gasteiger partial charge is 0.497 e. The van der Waals surface area contributed by atoms with Gasteiger partial charge in [0.25, 0.3) is 5.56 Å². The van der Waals surface area contributed by atoms with Gasteiger partial charge >= 0.3 is 0 Å². The third-order valence-corrected chi connectivity index (χ3v) is 2.97. The maximum atomic E-state index is 11.3. The molecule has 0 unspecified atom stereocenters. The van der Waals surface area contributed by atoms with Crippen molar-refractivity contribution in [3.8, 4) is 17.4 Å². The Morgan fingerprint density at radius 2 is 2.12 bits per heavy atom. The molecular weight excluding hydrogens is 335 g/mol. The fourth-order valence-electron chi connectivity index (χ4n) is 1.21. The number of nitrogens with zero attached hydrogens (tertiary/aromatic N) is 1. The number of aromatic nitrogens is 2. The van der Waals surface area contributed by atoms with Crippen LogP contribution in [0.15, 0.2) is 35.4 Å². The number of hydrogen-bond acceptors (Lipinski definition) is 4. The molecule has 5 nitrogen and oxygen atoms in total. The van der Waals surface area contributed by atoms with E-state index in [9.17, 15) is 4.79 Å². The lowest BCUT2D eigenvalue weighted by molar-refractivity contribution is 0.406. The Morgan fingerprint density at radius 1 is 1.35 bits per heavy atom. The van der Waals surface area contributed by atoms with Gasteiger partial charge < -0.3 is 14.5 Å². The summed E-state index contributed by atoms with van der Waals surface area (Å²) in [7, 11) is 1.58. The number of aromatic amines is 1. The SMILES string of the molecule is COc1cccc(Oc2nc[nH]c(=O)c2I)c1. The van der Waals surface area contributed by atoms with E-state index in [1.165, 1.54) is 6.33 Å². The number of nitrogens with one attached hydrogen (secondary N) is 1. The highest BCUT2D eigenvalue weighted by molar-refractivity contribution is 14.1. The summed E-state index contributed by atoms with van der Waals surface area (Å²) >= 11 is 1.89. The second kappa shape index (κ2) is 5.17. The van der Waals surface area contributed by atoms with E-state index in [-0.39, 0.29) is 11.4 Å². The van der Waals surface area contributed by atoms with Gasteiger partial charge in [-0.05, 0) is 34.7 Å². The molecule has 0 fully saturated rings. The number of ether oxygens (including phenoxy) is 2. The summed E-state index contributed by atoms with van der Waals surface area (Å²) in [6.07, 6.45) is 1.31. The van der Waals surface area contributed by atoms with E-state index in [1.807, 2.05) is 28.7 Å². The molecule has 2 rings (SSSR count). The molecule has 0 saturated heterocycles. The van der Waals surface area contributed by atoms with Crippen LogP contribution in [-0.4, -0.2) is 17.1 Å². The van der Waals surface area contributed by atoms with Crippen LogP contribution < -0.4 is 15.0 Å². The number of H-pyrrole nitrogens is 1. The van der Waals surface area contributed by atoms with Crippen LogP contribution in [0, 0.1) is 3.57 Å². The molecule has 6 heteroatoms. The molecule has 0 aliphatic carbocycles. The Bertz CT molecular complexity index is 583. The standard InChI is InChI=1S/C11H9IN2O3/c1-16-7-3-2-4-8(5-7)17-11-9(12)10(15)13-6-14-11/h2-6H,1H3,(H,13,14,15). The van der Waals surface area contributed by atoms with E-state index in [2.05, 4.69) is 9.97 Å². The molecule has 0 bridgehead atoms. The van der Waals surface area contributed by atoms with Crippen molar-refractivity contribution in [3.05, 3.63) is 44.5 Å². The van der Waals surface area contributed by atoms with Gasteiger partial charge in [-0.15, -0.1) is 0 Å². The summed E-state index contributed by atoms with van der Waals surface area (Å²) < 4.78 is 11.0. The first kappa shape index (κ1) is 11.9. The Kier molecular flexibility index (Phi) is 3.62. The van der Waals surface area contributed by atoms with Gasteiger partial charge in [-0.1, -0.05) is 6.07 Å². The van der Waals surface area contributed by atoms with Crippen molar-refractivity contribution in [3.63, 3.8) is 0 Å². The highest BCUT2D eigenvalue weighted by Gasteiger charge is 2.07. The van der Waals surface area contributed by atoms with Crippen LogP contribution in [0.1, 0.15) is 0 Å². The Morgan fingerprint density at radius 3 is 2.88 bits per heavy atom. The maximum absolute atomic E-state index is 11.3. The first-order chi connectivity index (χ1) is 8.20. The van der Waals surface area contributed by atoms with Gasteiger partial charge in [0.15, 0.2) is 0 Å². The first-order valence-electron chi connectivity index (χ1n) is 4.76. The molecule has 0 atom stereocenters. The summed E-state index contributed by atoms with van der Waals surface area (Å²) in [4.78, 5) is 17.8. The highest BCUT2D eigenvalue weighted by Crippen LogP contribution is 2.25. The van der Waals surface area contributed by atoms with E-state index in [0.717, 1.165) is 0 Å². The quantitative estimate of drug-likeness (QED) is 0.867. The predicted octanol–water partition coefficient (Wildman–Crippen LogP) is 2.18. The van der Waals surface area contributed by atoms with Crippen LogP contribution in [0.2, 0.25) is 0 Å². The lowest BCUT2D eigenvalue weighted by Crippen LogP contribution is -2.11. The minimum atomic E-state index is -0.224. The summed E-state index contributed by atoms with van der Waals surface area (Å²) in [5.74, 6) is 1.53. The molecule has 0 spiro atoms. The van der Waals surface area contributed by atoms with Gasteiger partial charge in [0.05, 0.1) is 13.4 Å². The molecule has 0 aliphatic heterocycles. The molecule has 0 amide bonds. The lowest BCUT2D eigenvalue weighted by Gasteiger charge is -2.06. The average molecular weight is 344 g/mol. The van der Waals surface area contributed by atoms with Crippen LogP contribution in [0.5, 0.6) is 17.4 Å². The fourth-order valence-corrected chi connectivity index (χ4v) is 1.62. The molecule has 0 radical (unpaired) electrons. The van der Waals surface area contributed by atoms with E-state index in [1.54, 1.807) is 25.3 Å². The molecule has 0 saturated carbocycles. The van der Waals surface area contributed by atoms with Gasteiger partial charge in [0.1, 0.15) is 15.1 Å². The predicted molar refractivity (Wildman–Crippen MR) is 70.6 cm³/mol. The molecule has 2 aromatic rings. The van der Waals surface area contributed by atoms with Crippen molar-refractivity contribution < 1.29 is 9.47 Å². The third-order valence-electron chi connectivity index (χ3n) is 2.02. The van der Waals surface area contributed by atoms with Gasteiger partial charge in [-0.25, -0.2) is 4.98 Å². The zero-order valence-electron chi connectivity index (χ0n) is 8.94. The van der Waals surface area contributed by atoms with Crippen LogP contribution in [0.4, 0.5) is 0 Å². The second-order valence-electron chi connectivity index (χ2n) is 3.13. The monoisotopic (exact) mass is 344 g/mol. The Labute approximate surface area is 111 Å². The van der Waals surface area contributed by atoms with Gasteiger partial charge in [-0.3, -0.25) is 4.79 Å². The molecule has 1 N–H and O–H groups in total. The van der Waals surface area contributed by atoms with Gasteiger partial charge in [0.2, 0.25) is 5.88 Å². The van der Waals surface area contributed by atoms with Gasteiger partial charge in [-0.2, -0.15) is 0 Å². The zero-order chi connectivity index (χ0) is 12.3. The fraction of sp³-hybridized carbons (Fsp3) is 0.0909. The minimum absolute atomic E-state index is 0.224. The summed E-state index contributed by atoms with van der Waals surface area (Å²) in [5, 5.41) is 0. The average Bonchev–Trinajstić information content (AvgIpc) is 2.35. The Balaban J connectivity index is 2.31. The number of halogens is 1. The van der Waals surface area contributed by atoms with Crippen LogP contribution >= 0.6 is 22.6 Å². The minimum Gasteiger partial charge on any atom is -0.497 e. The van der Waals surface area contributed by atoms with E-state index >= 15 is 0 Å². The number of methoxy groups -OCH3 is 1. The van der Waals surface area contributed by atoms with E-state index < -0.39 is 0 Å². The third kappa shape index (κ3) is 2.76. The molecule has 88 valence electrons. The normalized spacial score (nSPS) is 10.0. The number of rotatable bonds is 3. The number of benzene rings is 1. The zero-order valence-corrected chi connectivity index (χ0v) is 11.1. The van der Waals surface area contributed by atoms with Crippen molar-refractivity contribution >= 4 is 22.6 Å². The summed E-state index contributed by atoms with van der Waals surface area (Å²) in [6, 6.07) is 7.09. The summed E-state index contributed by atoms with van der Waals surface area (Å²) in [6.45, 7) is 0. The topological polar surface area (TPSA) is 64.2 Å². The molecule has 1 aromatic carbocycles. The smallest absolute Gasteiger partial charge is 0.268 e. The van der Waals surface area contributed by atoms with Crippen molar-refractivity contribution in [2.75, 3.05) is 7.11 Å². The summed E-state index contributed by atoms with van der Waals surface area (Å²) in [5.41, 5.74) is -0.224. The maximum Gasteiger partial charge on any atom is 0.268 e. The first-order valence-corrected chi connectivity index (χ1v) is 5.83. The highest BCUT2D eigenvalue weighted by atomic mass is 127. The Hall–Kier alpha value is -1.57. The van der Waals surface area contributed by atoms with Crippen LogP contribution in [0.25, 0.3) is 0 Å². The molecular formula is C11H9IN2O3. The number of hydrogen-bond donors (Lipinski definition) is 1. The van der Waals surface area contributed by atoms with Crippen molar-refractivity contribution in [2.24, 2.45) is 0 Å². The van der Waals surface area contributed by atoms with Crippen LogP contribution in [0.3, 0.4) is 0 Å². The van der Waals surface area contributed by atoms with E-state index in [4.69, 9.17) is 9.47 Å². The van der Waals surface area contributed by atoms with Crippen LogP contribution in [-0.2, 0) is 0 Å². The van der Waals surface area contributed by atoms with Crippen molar-refractivity contribution in [1.29, 1.82) is 0 Å². The van der Waals surface area contributed by atoms with Gasteiger partial charge in [0, 0.05) is 6.07 Å². The van der Waals surface area contributed by atoms with E-state index in [0.29, 0.717) is 15.1 Å². The molecule has 17 heavy (non-hydrogen) atoms. The second-order valence-corrected chi connectivity index (χ2v) is 4.21.